The number of rotatable bonds is 7. The Morgan fingerprint density at radius 3 is 2.36 bits per heavy atom. The fourth-order valence-corrected chi connectivity index (χ4v) is 5.08. The van der Waals surface area contributed by atoms with Crippen molar-refractivity contribution in [3.05, 3.63) is 81.0 Å². The minimum atomic E-state index is -0.422. The Bertz CT molecular complexity index is 1340. The van der Waals surface area contributed by atoms with Crippen LogP contribution in [0, 0.1) is 0 Å². The van der Waals surface area contributed by atoms with Crippen molar-refractivity contribution in [3.63, 3.8) is 0 Å². The molecule has 1 atom stereocenters. The Balaban J connectivity index is 1.90. The number of carbonyl (C=O) groups is 1. The zero-order chi connectivity index (χ0) is 25.8. The molecule has 36 heavy (non-hydrogen) atoms. The van der Waals surface area contributed by atoms with Crippen LogP contribution in [-0.2, 0) is 13.0 Å². The highest BCUT2D eigenvalue weighted by atomic mass is 32.2. The number of hydrogen-bond acceptors (Lipinski definition) is 7. The van der Waals surface area contributed by atoms with Crippen molar-refractivity contribution in [2.75, 3.05) is 27.6 Å². The van der Waals surface area contributed by atoms with Gasteiger partial charge in [-0.1, -0.05) is 18.2 Å². The van der Waals surface area contributed by atoms with Gasteiger partial charge in [-0.05, 0) is 71.7 Å². The quantitative estimate of drug-likeness (QED) is 0.459. The molecule has 188 valence electrons. The molecule has 1 amide bonds. The lowest BCUT2D eigenvalue weighted by molar-refractivity contribution is 0.0935. The molecule has 0 spiro atoms. The standard InChI is InChI=1S/C28H29NO6S/c1-33-23-13-18-9-11-21(29-28(32)17-7-5-16(15-30)6-8-17)20-14-22(31)24(36-4)12-10-19(20)25(18)27(35-3)26(23)34-2/h5-8,10,12-14,21,30H,9,11,15H2,1-4H3,(H,29,32)/t21-/m0/s1. The molecule has 8 heteroatoms. The van der Waals surface area contributed by atoms with Gasteiger partial charge in [0.15, 0.2) is 16.9 Å². The zero-order valence-electron chi connectivity index (χ0n) is 20.7. The average molecular weight is 508 g/mol. The van der Waals surface area contributed by atoms with Gasteiger partial charge in [0, 0.05) is 11.1 Å². The molecule has 0 aliphatic heterocycles. The molecule has 0 unspecified atom stereocenters. The second-order valence-corrected chi connectivity index (χ2v) is 9.23. The Labute approximate surface area is 214 Å². The summed E-state index contributed by atoms with van der Waals surface area (Å²) in [6.07, 6.45) is 3.04. The lowest BCUT2D eigenvalue weighted by atomic mass is 9.95. The molecule has 1 aliphatic rings. The van der Waals surface area contributed by atoms with Gasteiger partial charge in [0.2, 0.25) is 5.75 Å². The van der Waals surface area contributed by atoms with E-state index in [9.17, 15) is 14.7 Å². The summed E-state index contributed by atoms with van der Waals surface area (Å²) < 4.78 is 17.0. The van der Waals surface area contributed by atoms with Crippen LogP contribution in [0.15, 0.2) is 58.2 Å². The molecule has 3 aromatic rings. The predicted molar refractivity (Wildman–Crippen MR) is 140 cm³/mol. The second-order valence-electron chi connectivity index (χ2n) is 8.38. The summed E-state index contributed by atoms with van der Waals surface area (Å²) in [4.78, 5) is 26.9. The van der Waals surface area contributed by atoms with E-state index in [1.807, 2.05) is 24.5 Å². The highest BCUT2D eigenvalue weighted by molar-refractivity contribution is 7.98. The first-order valence-corrected chi connectivity index (χ1v) is 12.7. The van der Waals surface area contributed by atoms with Gasteiger partial charge in [0.05, 0.1) is 38.9 Å². The Kier molecular flexibility index (Phi) is 7.86. The van der Waals surface area contributed by atoms with Crippen molar-refractivity contribution < 1.29 is 24.1 Å². The maximum absolute atomic E-state index is 13.2. The number of carbonyl (C=O) groups excluding carboxylic acids is 1. The van der Waals surface area contributed by atoms with Crippen LogP contribution in [0.1, 0.15) is 39.5 Å². The summed E-state index contributed by atoms with van der Waals surface area (Å²) in [5.41, 5.74) is 4.38. The predicted octanol–water partition coefficient (Wildman–Crippen LogP) is 4.37. The molecule has 2 N–H and O–H groups in total. The van der Waals surface area contributed by atoms with Crippen LogP contribution in [0.25, 0.3) is 11.1 Å². The first-order chi connectivity index (χ1) is 17.4. The van der Waals surface area contributed by atoms with Crippen LogP contribution in [0.4, 0.5) is 0 Å². The zero-order valence-corrected chi connectivity index (χ0v) is 21.5. The molecule has 0 fully saturated rings. The molecule has 0 saturated heterocycles. The summed E-state index contributed by atoms with van der Waals surface area (Å²) in [5, 5.41) is 12.4. The molecule has 7 nitrogen and oxygen atoms in total. The number of aryl methyl sites for hydroxylation is 1. The van der Waals surface area contributed by atoms with Crippen molar-refractivity contribution in [2.24, 2.45) is 0 Å². The van der Waals surface area contributed by atoms with Crippen LogP contribution < -0.4 is 25.0 Å². The van der Waals surface area contributed by atoms with Gasteiger partial charge in [0.25, 0.3) is 5.91 Å². The number of aliphatic hydroxyl groups excluding tert-OH is 1. The fourth-order valence-electron chi connectivity index (χ4n) is 4.62. The van der Waals surface area contributed by atoms with E-state index in [4.69, 9.17) is 14.2 Å². The third-order valence-electron chi connectivity index (χ3n) is 6.42. The van der Waals surface area contributed by atoms with Crippen molar-refractivity contribution in [3.8, 4) is 28.4 Å². The van der Waals surface area contributed by atoms with Crippen LogP contribution in [0.3, 0.4) is 0 Å². The smallest absolute Gasteiger partial charge is 0.251 e. The minimum absolute atomic E-state index is 0.0918. The number of ether oxygens (including phenoxy) is 3. The van der Waals surface area contributed by atoms with Crippen LogP contribution in [0.2, 0.25) is 0 Å². The van der Waals surface area contributed by atoms with E-state index in [1.54, 1.807) is 51.7 Å². The molecule has 0 saturated carbocycles. The largest absolute Gasteiger partial charge is 0.493 e. The first kappa shape index (κ1) is 25.6. The second kappa shape index (κ2) is 11.1. The molecular weight excluding hydrogens is 478 g/mol. The van der Waals surface area contributed by atoms with Gasteiger partial charge >= 0.3 is 0 Å². The number of hydrogen-bond donors (Lipinski definition) is 2. The number of thioether (sulfide) groups is 1. The molecular formula is C28H29NO6S. The van der Waals surface area contributed by atoms with Crippen molar-refractivity contribution in [2.45, 2.75) is 30.4 Å². The van der Waals surface area contributed by atoms with E-state index in [1.165, 1.54) is 11.8 Å². The molecule has 0 aromatic heterocycles. The van der Waals surface area contributed by atoms with Crippen LogP contribution in [0.5, 0.6) is 17.2 Å². The van der Waals surface area contributed by atoms with E-state index >= 15 is 0 Å². The number of aliphatic hydroxyl groups is 1. The summed E-state index contributed by atoms with van der Waals surface area (Å²) in [7, 11) is 4.71. The lowest BCUT2D eigenvalue weighted by Crippen LogP contribution is -2.29. The maximum Gasteiger partial charge on any atom is 0.251 e. The van der Waals surface area contributed by atoms with E-state index in [2.05, 4.69) is 5.32 Å². The number of methoxy groups -OCH3 is 3. The van der Waals surface area contributed by atoms with E-state index < -0.39 is 6.04 Å². The molecule has 1 aliphatic carbocycles. The minimum Gasteiger partial charge on any atom is -0.493 e. The fraction of sp³-hybridized carbons (Fsp3) is 0.286. The maximum atomic E-state index is 13.2. The summed E-state index contributed by atoms with van der Waals surface area (Å²) in [5.74, 6) is 1.28. The number of amides is 1. The van der Waals surface area contributed by atoms with E-state index in [0.717, 1.165) is 22.3 Å². The Morgan fingerprint density at radius 2 is 1.75 bits per heavy atom. The normalized spacial score (nSPS) is 14.2. The molecule has 0 radical (unpaired) electrons. The molecule has 3 aromatic carbocycles. The molecule has 4 rings (SSSR count). The van der Waals surface area contributed by atoms with Crippen molar-refractivity contribution in [1.82, 2.24) is 5.32 Å². The Hall–Kier alpha value is -3.49. The van der Waals surface area contributed by atoms with E-state index in [-0.39, 0.29) is 17.9 Å². The third kappa shape index (κ3) is 4.79. The first-order valence-electron chi connectivity index (χ1n) is 11.5. The van der Waals surface area contributed by atoms with E-state index in [0.29, 0.717) is 46.1 Å². The number of fused-ring (bicyclic) bond motifs is 3. The lowest BCUT2D eigenvalue weighted by Gasteiger charge is -2.20. The van der Waals surface area contributed by atoms with Gasteiger partial charge in [-0.25, -0.2) is 0 Å². The van der Waals surface area contributed by atoms with Crippen molar-refractivity contribution in [1.29, 1.82) is 0 Å². The van der Waals surface area contributed by atoms with Gasteiger partial charge in [-0.15, -0.1) is 11.8 Å². The van der Waals surface area contributed by atoms with Crippen LogP contribution in [-0.4, -0.2) is 38.6 Å². The molecule has 0 heterocycles. The molecule has 0 bridgehead atoms. The summed E-state index contributed by atoms with van der Waals surface area (Å²) in [6.45, 7) is -0.0918. The highest BCUT2D eigenvalue weighted by Gasteiger charge is 2.30. The highest BCUT2D eigenvalue weighted by Crippen LogP contribution is 2.50. The van der Waals surface area contributed by atoms with Gasteiger partial charge < -0.3 is 24.6 Å². The Morgan fingerprint density at radius 1 is 1.03 bits per heavy atom. The monoisotopic (exact) mass is 507 g/mol. The average Bonchev–Trinajstić information content (AvgIpc) is 3.15. The summed E-state index contributed by atoms with van der Waals surface area (Å²) in [6, 6.07) is 13.6. The number of nitrogens with one attached hydrogen (secondary N) is 1. The summed E-state index contributed by atoms with van der Waals surface area (Å²) >= 11 is 1.38. The van der Waals surface area contributed by atoms with Gasteiger partial charge in [0.1, 0.15) is 0 Å². The number of benzene rings is 2. The SMILES string of the molecule is COc1cc2c(c(OC)c1OC)-c1ccc(SC)c(=O)cc1[C@@H](NC(=O)c1ccc(CO)cc1)CC2. The van der Waals surface area contributed by atoms with Crippen LogP contribution >= 0.6 is 11.8 Å². The topological polar surface area (TPSA) is 94.1 Å². The van der Waals surface area contributed by atoms with Gasteiger partial charge in [-0.3, -0.25) is 9.59 Å². The third-order valence-corrected chi connectivity index (χ3v) is 7.20. The van der Waals surface area contributed by atoms with Crippen molar-refractivity contribution >= 4 is 17.7 Å². The van der Waals surface area contributed by atoms with Gasteiger partial charge in [-0.2, -0.15) is 0 Å².